The van der Waals surface area contributed by atoms with Crippen LogP contribution in [0.25, 0.3) is 0 Å². The van der Waals surface area contributed by atoms with Crippen LogP contribution in [0.4, 0.5) is 16.5 Å². The van der Waals surface area contributed by atoms with Crippen molar-refractivity contribution in [1.29, 1.82) is 0 Å². The van der Waals surface area contributed by atoms with Gasteiger partial charge in [0.25, 0.3) is 0 Å². The molecule has 0 bridgehead atoms. The fraction of sp³-hybridized carbons (Fsp3) is 0.389. The van der Waals surface area contributed by atoms with Crippen molar-refractivity contribution in [2.24, 2.45) is 5.92 Å². The third-order valence-corrected chi connectivity index (χ3v) is 5.48. The highest BCUT2D eigenvalue weighted by Gasteiger charge is 2.35. The minimum absolute atomic E-state index is 0.00629. The number of nitrogens with zero attached hydrogens (tertiary/aromatic N) is 3. The number of amides is 2. The molecule has 2 aromatic rings. The summed E-state index contributed by atoms with van der Waals surface area (Å²) in [5, 5.41) is 5.17. The van der Waals surface area contributed by atoms with Gasteiger partial charge in [-0.3, -0.25) is 9.59 Å². The van der Waals surface area contributed by atoms with E-state index < -0.39 is 0 Å². The van der Waals surface area contributed by atoms with E-state index in [1.807, 2.05) is 17.5 Å². The maximum atomic E-state index is 12.4. The largest absolute Gasteiger partial charge is 0.372 e. The summed E-state index contributed by atoms with van der Waals surface area (Å²) in [4.78, 5) is 32.8. The first-order chi connectivity index (χ1) is 12.2. The van der Waals surface area contributed by atoms with Crippen molar-refractivity contribution in [2.45, 2.75) is 19.3 Å². The minimum Gasteiger partial charge on any atom is -0.372 e. The smallest absolute Gasteiger partial charge is 0.231 e. The first kappa shape index (κ1) is 16.1. The third-order valence-electron chi connectivity index (χ3n) is 4.79. The second-order valence-electron chi connectivity index (χ2n) is 6.44. The average molecular weight is 356 g/mol. The molecule has 2 aliphatic rings. The van der Waals surface area contributed by atoms with E-state index in [0.717, 1.165) is 18.8 Å². The molecule has 0 aliphatic carbocycles. The highest BCUT2D eigenvalue weighted by Crippen LogP contribution is 2.29. The second kappa shape index (κ2) is 6.84. The molecule has 0 radical (unpaired) electrons. The lowest BCUT2D eigenvalue weighted by atomic mass is 10.1. The number of anilines is 3. The topological polar surface area (TPSA) is 65.5 Å². The normalized spacial score (nSPS) is 20.3. The van der Waals surface area contributed by atoms with E-state index in [9.17, 15) is 9.59 Å². The Labute approximate surface area is 150 Å². The molecule has 7 heteroatoms. The highest BCUT2D eigenvalue weighted by atomic mass is 32.1. The molecule has 1 unspecified atom stereocenters. The van der Waals surface area contributed by atoms with Gasteiger partial charge in [0.2, 0.25) is 11.8 Å². The molecule has 6 nitrogen and oxygen atoms in total. The second-order valence-corrected chi connectivity index (χ2v) is 7.34. The molecule has 0 spiro atoms. The van der Waals surface area contributed by atoms with Gasteiger partial charge in [0.05, 0.1) is 5.92 Å². The zero-order valence-electron chi connectivity index (χ0n) is 13.9. The van der Waals surface area contributed by atoms with Crippen LogP contribution < -0.4 is 15.1 Å². The summed E-state index contributed by atoms with van der Waals surface area (Å²) in [5.74, 6) is -0.484. The molecule has 1 aromatic heterocycles. The fourth-order valence-corrected chi connectivity index (χ4v) is 3.98. The number of benzene rings is 1. The Morgan fingerprint density at radius 3 is 2.56 bits per heavy atom. The number of carbonyl (C=O) groups excluding carboxylic acids is 2. The van der Waals surface area contributed by atoms with E-state index >= 15 is 0 Å². The van der Waals surface area contributed by atoms with Gasteiger partial charge in [-0.25, -0.2) is 4.98 Å². The highest BCUT2D eigenvalue weighted by molar-refractivity contribution is 7.13. The van der Waals surface area contributed by atoms with Crippen molar-refractivity contribution in [3.63, 3.8) is 0 Å². The molecule has 1 atom stereocenters. The van der Waals surface area contributed by atoms with E-state index in [1.165, 1.54) is 29.9 Å². The lowest BCUT2D eigenvalue weighted by molar-refractivity contribution is -0.122. The van der Waals surface area contributed by atoms with Crippen molar-refractivity contribution in [3.8, 4) is 0 Å². The number of rotatable bonds is 4. The van der Waals surface area contributed by atoms with Gasteiger partial charge in [-0.15, -0.1) is 11.3 Å². The lowest BCUT2D eigenvalue weighted by Gasteiger charge is -2.20. The molecule has 2 saturated heterocycles. The van der Waals surface area contributed by atoms with E-state index in [2.05, 4.69) is 27.3 Å². The van der Waals surface area contributed by atoms with E-state index in [1.54, 1.807) is 11.1 Å². The van der Waals surface area contributed by atoms with Crippen LogP contribution in [-0.4, -0.2) is 36.4 Å². The van der Waals surface area contributed by atoms with Gasteiger partial charge in [-0.2, -0.15) is 0 Å². The van der Waals surface area contributed by atoms with Crippen molar-refractivity contribution in [1.82, 2.24) is 4.98 Å². The molecule has 130 valence electrons. The SMILES string of the molecule is O=C(Nc1nccs1)C1CC(=O)N(c2ccc(N3CCCC3)cc2)C1. The van der Waals surface area contributed by atoms with Gasteiger partial charge >= 0.3 is 0 Å². The van der Waals surface area contributed by atoms with Crippen LogP contribution in [0.2, 0.25) is 0 Å². The van der Waals surface area contributed by atoms with Crippen LogP contribution in [0.3, 0.4) is 0 Å². The molecule has 2 aliphatic heterocycles. The van der Waals surface area contributed by atoms with Gasteiger partial charge < -0.3 is 15.1 Å². The van der Waals surface area contributed by atoms with E-state index in [4.69, 9.17) is 0 Å². The summed E-state index contributed by atoms with van der Waals surface area (Å²) in [6, 6.07) is 8.09. The minimum atomic E-state index is -0.338. The molecular weight excluding hydrogens is 336 g/mol. The quantitative estimate of drug-likeness (QED) is 0.915. The maximum Gasteiger partial charge on any atom is 0.231 e. The number of thiazole rings is 1. The first-order valence-electron chi connectivity index (χ1n) is 8.56. The van der Waals surface area contributed by atoms with E-state index in [0.29, 0.717) is 11.7 Å². The van der Waals surface area contributed by atoms with Gasteiger partial charge in [-0.05, 0) is 37.1 Å². The Hall–Kier alpha value is -2.41. The standard InChI is InChI=1S/C18H20N4O2S/c23-16-11-13(17(24)20-18-19-7-10-25-18)12-22(16)15-5-3-14(4-6-15)21-8-1-2-9-21/h3-7,10,13H,1-2,8-9,11-12H2,(H,19,20,24). The number of hydrogen-bond acceptors (Lipinski definition) is 5. The number of aromatic nitrogens is 1. The predicted molar refractivity (Wildman–Crippen MR) is 99.1 cm³/mol. The zero-order chi connectivity index (χ0) is 17.2. The van der Waals surface area contributed by atoms with Crippen molar-refractivity contribution < 1.29 is 9.59 Å². The molecule has 1 aromatic carbocycles. The average Bonchev–Trinajstić information content (AvgIpc) is 3.37. The molecule has 3 heterocycles. The summed E-state index contributed by atoms with van der Waals surface area (Å²) in [6.45, 7) is 2.61. The van der Waals surface area contributed by atoms with Crippen LogP contribution >= 0.6 is 11.3 Å². The van der Waals surface area contributed by atoms with Crippen LogP contribution in [0.15, 0.2) is 35.8 Å². The van der Waals surface area contributed by atoms with Gasteiger partial charge in [0.1, 0.15) is 0 Å². The van der Waals surface area contributed by atoms with Gasteiger partial charge in [0, 0.05) is 49.0 Å². The third kappa shape index (κ3) is 3.37. The summed E-state index contributed by atoms with van der Waals surface area (Å²) in [6.07, 6.45) is 4.36. The molecule has 0 saturated carbocycles. The summed E-state index contributed by atoms with van der Waals surface area (Å²) in [5.41, 5.74) is 2.06. The van der Waals surface area contributed by atoms with Crippen molar-refractivity contribution in [3.05, 3.63) is 35.8 Å². The molecule has 4 rings (SSSR count). The maximum absolute atomic E-state index is 12.4. The van der Waals surface area contributed by atoms with Crippen molar-refractivity contribution >= 4 is 39.7 Å². The predicted octanol–water partition coefficient (Wildman–Crippen LogP) is 2.73. The van der Waals surface area contributed by atoms with E-state index in [-0.39, 0.29) is 24.2 Å². The van der Waals surface area contributed by atoms with Gasteiger partial charge in [-0.1, -0.05) is 0 Å². The number of carbonyl (C=O) groups is 2. The molecule has 2 fully saturated rings. The molecular formula is C18H20N4O2S. The first-order valence-corrected chi connectivity index (χ1v) is 9.44. The number of nitrogens with one attached hydrogen (secondary N) is 1. The van der Waals surface area contributed by atoms with Crippen molar-refractivity contribution in [2.75, 3.05) is 34.8 Å². The Bertz CT molecular complexity index is 754. The Balaban J connectivity index is 1.42. The molecule has 1 N–H and O–H groups in total. The Morgan fingerprint density at radius 1 is 1.16 bits per heavy atom. The summed E-state index contributed by atoms with van der Waals surface area (Å²) < 4.78 is 0. The fourth-order valence-electron chi connectivity index (χ4n) is 3.44. The van der Waals surface area contributed by atoms with Crippen LogP contribution in [-0.2, 0) is 9.59 Å². The molecule has 2 amide bonds. The monoisotopic (exact) mass is 356 g/mol. The Morgan fingerprint density at radius 2 is 1.88 bits per heavy atom. The summed E-state index contributed by atoms with van der Waals surface area (Å²) in [7, 11) is 0. The zero-order valence-corrected chi connectivity index (χ0v) is 14.7. The van der Waals surface area contributed by atoms with Crippen LogP contribution in [0.1, 0.15) is 19.3 Å². The molecule has 25 heavy (non-hydrogen) atoms. The Kier molecular flexibility index (Phi) is 4.40. The van der Waals surface area contributed by atoms with Crippen LogP contribution in [0, 0.1) is 5.92 Å². The lowest BCUT2D eigenvalue weighted by Crippen LogP contribution is -2.28. The number of hydrogen-bond donors (Lipinski definition) is 1. The summed E-state index contributed by atoms with van der Waals surface area (Å²) >= 11 is 1.38. The van der Waals surface area contributed by atoms with Gasteiger partial charge in [0.15, 0.2) is 5.13 Å². The van der Waals surface area contributed by atoms with Crippen LogP contribution in [0.5, 0.6) is 0 Å².